The van der Waals surface area contributed by atoms with E-state index in [-0.39, 0.29) is 0 Å². The fourth-order valence-electron chi connectivity index (χ4n) is 3.09. The van der Waals surface area contributed by atoms with Gasteiger partial charge in [0.2, 0.25) is 0 Å². The molecule has 0 amide bonds. The molecule has 2 aromatic rings. The highest BCUT2D eigenvalue weighted by Crippen LogP contribution is 2.32. The number of nitrogen functional groups attached to an aromatic ring is 2. The molecule has 2 aliphatic rings. The molecule has 1 fully saturated rings. The predicted octanol–water partition coefficient (Wildman–Crippen LogP) is 0.932. The van der Waals surface area contributed by atoms with Gasteiger partial charge in [-0.15, -0.1) is 0 Å². The number of anilines is 3. The summed E-state index contributed by atoms with van der Waals surface area (Å²) < 4.78 is 1.66. The van der Waals surface area contributed by atoms with Gasteiger partial charge in [-0.25, -0.2) is 19.6 Å². The first-order chi connectivity index (χ1) is 12.7. The minimum atomic E-state index is 0.427. The minimum absolute atomic E-state index is 0.427. The van der Waals surface area contributed by atoms with Crippen molar-refractivity contribution < 1.29 is 0 Å². The Kier molecular flexibility index (Phi) is 4.11. The molecule has 0 radical (unpaired) electrons. The van der Waals surface area contributed by atoms with Crippen LogP contribution < -0.4 is 21.9 Å². The Hall–Kier alpha value is -3.23. The van der Waals surface area contributed by atoms with Crippen molar-refractivity contribution in [3.63, 3.8) is 0 Å². The highest BCUT2D eigenvalue weighted by molar-refractivity contribution is 6.39. The summed E-state index contributed by atoms with van der Waals surface area (Å²) in [5, 5.41) is 4.28. The zero-order valence-electron chi connectivity index (χ0n) is 14.6. The van der Waals surface area contributed by atoms with Gasteiger partial charge in [0.25, 0.3) is 0 Å². The molecule has 0 aromatic carbocycles. The second-order valence-corrected chi connectivity index (χ2v) is 6.18. The van der Waals surface area contributed by atoms with Gasteiger partial charge in [-0.2, -0.15) is 5.10 Å². The summed E-state index contributed by atoms with van der Waals surface area (Å²) in [6.45, 7) is 4.52. The quantitative estimate of drug-likeness (QED) is 0.851. The third kappa shape index (κ3) is 2.92. The Labute approximate surface area is 150 Å². The van der Waals surface area contributed by atoms with Crippen molar-refractivity contribution in [1.82, 2.24) is 14.6 Å². The summed E-state index contributed by atoms with van der Waals surface area (Å²) in [6, 6.07) is 3.53. The molecular weight excluding hydrogens is 330 g/mol. The summed E-state index contributed by atoms with van der Waals surface area (Å²) in [5.41, 5.74) is 14.5. The predicted molar refractivity (Wildman–Crippen MR) is 103 cm³/mol. The van der Waals surface area contributed by atoms with E-state index in [2.05, 4.69) is 30.0 Å². The third-order valence-corrected chi connectivity index (χ3v) is 4.33. The van der Waals surface area contributed by atoms with Crippen LogP contribution in [0.15, 0.2) is 33.4 Å². The Morgan fingerprint density at radius 2 is 1.96 bits per heavy atom. The van der Waals surface area contributed by atoms with Crippen LogP contribution >= 0.6 is 0 Å². The second kappa shape index (κ2) is 6.58. The monoisotopic (exact) mass is 351 g/mol. The first kappa shape index (κ1) is 16.2. The van der Waals surface area contributed by atoms with Crippen LogP contribution in [0.5, 0.6) is 0 Å². The third-order valence-electron chi connectivity index (χ3n) is 4.33. The van der Waals surface area contributed by atoms with E-state index in [1.54, 1.807) is 17.0 Å². The number of aromatic nitrogens is 3. The van der Waals surface area contributed by atoms with Gasteiger partial charge in [-0.1, -0.05) is 0 Å². The Morgan fingerprint density at radius 1 is 1.15 bits per heavy atom. The fraction of sp³-hybridized carbons (Fsp3) is 0.353. The van der Waals surface area contributed by atoms with Gasteiger partial charge < -0.3 is 16.4 Å². The number of hydrogen-bond acceptors (Lipinski definition) is 8. The van der Waals surface area contributed by atoms with Gasteiger partial charge >= 0.3 is 0 Å². The average molecular weight is 351 g/mol. The molecule has 4 rings (SSSR count). The highest BCUT2D eigenvalue weighted by Gasteiger charge is 2.20. The van der Waals surface area contributed by atoms with Crippen LogP contribution in [-0.4, -0.2) is 46.2 Å². The maximum Gasteiger partial charge on any atom is 0.183 e. The van der Waals surface area contributed by atoms with Crippen molar-refractivity contribution in [1.29, 1.82) is 0 Å². The van der Waals surface area contributed by atoms with Crippen molar-refractivity contribution in [3.05, 3.63) is 29.6 Å². The average Bonchev–Trinajstić information content (AvgIpc) is 3.28. The summed E-state index contributed by atoms with van der Waals surface area (Å²) in [5.74, 6) is 1.78. The standard InChI is InChI=1S/C17H21N9/c1-2-20-14-5-8-26-17(23-14)13(10-21-26)22-15-11(18)9-12(19)16(24-15)25-6-3-4-7-25/h5,8-10H,2-4,6-7,18-19H2,1H3. The second-order valence-electron chi connectivity index (χ2n) is 6.18. The van der Waals surface area contributed by atoms with Gasteiger partial charge in [0.1, 0.15) is 5.71 Å². The van der Waals surface area contributed by atoms with Crippen molar-refractivity contribution in [2.45, 2.75) is 19.8 Å². The molecular formula is C17H21N9. The molecule has 2 aliphatic heterocycles. The number of pyridine rings is 1. The molecule has 9 nitrogen and oxygen atoms in total. The summed E-state index contributed by atoms with van der Waals surface area (Å²) in [7, 11) is 0. The summed E-state index contributed by atoms with van der Waals surface area (Å²) in [6.07, 6.45) is 5.73. The van der Waals surface area contributed by atoms with E-state index in [4.69, 9.17) is 11.5 Å². The van der Waals surface area contributed by atoms with Crippen molar-refractivity contribution in [2.75, 3.05) is 36.0 Å². The first-order valence-corrected chi connectivity index (χ1v) is 8.70. The molecule has 26 heavy (non-hydrogen) atoms. The molecule has 0 atom stereocenters. The van der Waals surface area contributed by atoms with E-state index in [0.29, 0.717) is 40.8 Å². The van der Waals surface area contributed by atoms with Crippen LogP contribution in [0.1, 0.15) is 25.6 Å². The van der Waals surface area contributed by atoms with Crippen molar-refractivity contribution >= 4 is 34.9 Å². The van der Waals surface area contributed by atoms with E-state index in [9.17, 15) is 0 Å². The lowest BCUT2D eigenvalue weighted by Crippen LogP contribution is -2.21. The number of fused-ring (bicyclic) bond motifs is 1. The lowest BCUT2D eigenvalue weighted by molar-refractivity contribution is 0.817. The molecule has 4 heterocycles. The van der Waals surface area contributed by atoms with Gasteiger partial charge in [0.15, 0.2) is 22.9 Å². The van der Waals surface area contributed by atoms with Crippen molar-refractivity contribution in [2.24, 2.45) is 15.1 Å². The molecule has 4 N–H and O–H groups in total. The van der Waals surface area contributed by atoms with E-state index in [1.165, 1.54) is 0 Å². The number of nitrogens with zero attached hydrogens (tertiary/aromatic N) is 7. The molecule has 0 bridgehead atoms. The van der Waals surface area contributed by atoms with E-state index in [1.807, 2.05) is 19.2 Å². The maximum atomic E-state index is 6.12. The number of rotatable bonds is 3. The molecule has 134 valence electrons. The first-order valence-electron chi connectivity index (χ1n) is 8.70. The van der Waals surface area contributed by atoms with Crippen LogP contribution in [0.25, 0.3) is 0 Å². The Morgan fingerprint density at radius 3 is 2.73 bits per heavy atom. The van der Waals surface area contributed by atoms with E-state index in [0.717, 1.165) is 31.7 Å². The van der Waals surface area contributed by atoms with Crippen LogP contribution in [0.4, 0.5) is 23.0 Å². The van der Waals surface area contributed by atoms with Crippen LogP contribution in [0.3, 0.4) is 0 Å². The summed E-state index contributed by atoms with van der Waals surface area (Å²) >= 11 is 0. The molecule has 0 spiro atoms. The molecule has 1 saturated heterocycles. The SMILES string of the molecule is CCN=c1ccn2c(n1)C(=Nc1nc(N3CCCC3)c(N)cc1N)C=N2. The number of aliphatic imine (C=N–C) groups is 1. The molecule has 2 aromatic heterocycles. The summed E-state index contributed by atoms with van der Waals surface area (Å²) in [4.78, 5) is 20.2. The smallest absolute Gasteiger partial charge is 0.183 e. The Bertz CT molecular complexity index is 965. The van der Waals surface area contributed by atoms with Crippen molar-refractivity contribution in [3.8, 4) is 0 Å². The van der Waals surface area contributed by atoms with Crippen LogP contribution in [-0.2, 0) is 0 Å². The molecule has 0 unspecified atom stereocenters. The van der Waals surface area contributed by atoms with Crippen LogP contribution in [0, 0.1) is 0 Å². The fourth-order valence-corrected chi connectivity index (χ4v) is 3.09. The molecule has 9 heteroatoms. The normalized spacial score (nSPS) is 18.1. The van der Waals surface area contributed by atoms with E-state index < -0.39 is 0 Å². The zero-order valence-corrected chi connectivity index (χ0v) is 14.6. The Balaban J connectivity index is 1.76. The van der Waals surface area contributed by atoms with Gasteiger partial charge in [-0.3, -0.25) is 4.99 Å². The maximum absolute atomic E-state index is 6.12. The number of hydrogen-bond donors (Lipinski definition) is 2. The van der Waals surface area contributed by atoms with E-state index >= 15 is 0 Å². The lowest BCUT2D eigenvalue weighted by Gasteiger charge is -2.19. The van der Waals surface area contributed by atoms with Crippen LogP contribution in [0.2, 0.25) is 0 Å². The largest absolute Gasteiger partial charge is 0.396 e. The molecule has 0 aliphatic carbocycles. The number of nitrogens with two attached hydrogens (primary N) is 2. The minimum Gasteiger partial charge on any atom is -0.396 e. The topological polar surface area (TPSA) is 123 Å². The van der Waals surface area contributed by atoms with Gasteiger partial charge in [0, 0.05) is 31.9 Å². The van der Waals surface area contributed by atoms with Gasteiger partial charge in [-0.05, 0) is 25.8 Å². The highest BCUT2D eigenvalue weighted by atomic mass is 15.4. The van der Waals surface area contributed by atoms with Gasteiger partial charge in [0.05, 0.1) is 17.6 Å². The lowest BCUT2D eigenvalue weighted by atomic mass is 10.3. The zero-order chi connectivity index (χ0) is 18.1. The molecule has 0 saturated carbocycles.